The van der Waals surface area contributed by atoms with Gasteiger partial charge in [-0.25, -0.2) is 0 Å². The van der Waals surface area contributed by atoms with Crippen LogP contribution in [0.4, 0.5) is 0 Å². The molecule has 106 valence electrons. The normalized spacial score (nSPS) is 11.6. The van der Waals surface area contributed by atoms with Gasteiger partial charge in [-0.3, -0.25) is 4.79 Å². The molecule has 0 rings (SSSR count). The highest BCUT2D eigenvalue weighted by Crippen LogP contribution is 2.10. The van der Waals surface area contributed by atoms with Gasteiger partial charge in [0.15, 0.2) is 0 Å². The van der Waals surface area contributed by atoms with Crippen molar-refractivity contribution in [1.29, 1.82) is 0 Å². The molecule has 0 unspecified atom stereocenters. The number of hydrogen-bond donors (Lipinski definition) is 1. The number of nitrogens with one attached hydrogen (secondary N) is 1. The lowest BCUT2D eigenvalue weighted by molar-refractivity contribution is -0.104. The standard InChI is InChI=1S/C16H31NO/c1-3-4-5-6-7-8-9-10-11-12-13-17-14-16(2)15-18/h14-15,17H,3-13H2,1-2H3. The Morgan fingerprint density at radius 1 is 0.889 bits per heavy atom. The van der Waals surface area contributed by atoms with E-state index in [-0.39, 0.29) is 0 Å². The molecular weight excluding hydrogens is 222 g/mol. The Morgan fingerprint density at radius 3 is 1.89 bits per heavy atom. The van der Waals surface area contributed by atoms with Crippen molar-refractivity contribution < 1.29 is 4.79 Å². The van der Waals surface area contributed by atoms with Gasteiger partial charge in [0.25, 0.3) is 0 Å². The highest BCUT2D eigenvalue weighted by molar-refractivity contribution is 5.71. The van der Waals surface area contributed by atoms with Gasteiger partial charge >= 0.3 is 0 Å². The van der Waals surface area contributed by atoms with Crippen molar-refractivity contribution in [1.82, 2.24) is 5.32 Å². The van der Waals surface area contributed by atoms with Crippen molar-refractivity contribution in [2.45, 2.75) is 78.1 Å². The number of aldehydes is 1. The second-order valence-electron chi connectivity index (χ2n) is 5.14. The zero-order chi connectivity index (χ0) is 13.5. The lowest BCUT2D eigenvalue weighted by atomic mass is 10.1. The van der Waals surface area contributed by atoms with Crippen LogP contribution in [0.25, 0.3) is 0 Å². The summed E-state index contributed by atoms with van der Waals surface area (Å²) in [5.41, 5.74) is 0.766. The second-order valence-corrected chi connectivity index (χ2v) is 5.14. The smallest absolute Gasteiger partial charge is 0.147 e. The predicted molar refractivity (Wildman–Crippen MR) is 79.7 cm³/mol. The number of unbranched alkanes of at least 4 members (excludes halogenated alkanes) is 9. The molecule has 0 aliphatic carbocycles. The van der Waals surface area contributed by atoms with Gasteiger partial charge < -0.3 is 5.32 Å². The van der Waals surface area contributed by atoms with Crippen molar-refractivity contribution in [2.75, 3.05) is 6.54 Å². The monoisotopic (exact) mass is 253 g/mol. The van der Waals surface area contributed by atoms with Gasteiger partial charge in [-0.05, 0) is 13.3 Å². The van der Waals surface area contributed by atoms with E-state index in [1.165, 1.54) is 64.2 Å². The summed E-state index contributed by atoms with van der Waals surface area (Å²) in [6, 6.07) is 0. The molecule has 2 nitrogen and oxygen atoms in total. The molecule has 0 radical (unpaired) electrons. The summed E-state index contributed by atoms with van der Waals surface area (Å²) in [4.78, 5) is 10.3. The zero-order valence-electron chi connectivity index (χ0n) is 12.3. The molecule has 0 aromatic carbocycles. The fraction of sp³-hybridized carbons (Fsp3) is 0.812. The highest BCUT2D eigenvalue weighted by Gasteiger charge is 1.92. The van der Waals surface area contributed by atoms with Gasteiger partial charge in [0, 0.05) is 18.3 Å². The minimum absolute atomic E-state index is 0.766. The molecule has 1 N–H and O–H groups in total. The summed E-state index contributed by atoms with van der Waals surface area (Å²) < 4.78 is 0. The largest absolute Gasteiger partial charge is 0.391 e. The van der Waals surface area contributed by atoms with E-state index in [9.17, 15) is 4.79 Å². The third-order valence-corrected chi connectivity index (χ3v) is 3.19. The molecule has 0 heterocycles. The van der Waals surface area contributed by atoms with Gasteiger partial charge in [-0.1, -0.05) is 64.7 Å². The molecule has 0 fully saturated rings. The fourth-order valence-electron chi connectivity index (χ4n) is 1.98. The lowest BCUT2D eigenvalue weighted by Crippen LogP contribution is -2.07. The van der Waals surface area contributed by atoms with E-state index in [1.807, 2.05) is 6.92 Å². The summed E-state index contributed by atoms with van der Waals surface area (Å²) in [6.07, 6.45) is 16.3. The Bertz CT molecular complexity index is 211. The predicted octanol–water partition coefficient (Wildman–Crippen LogP) is 4.60. The van der Waals surface area contributed by atoms with Crippen LogP contribution in [0.3, 0.4) is 0 Å². The molecule has 0 aromatic heterocycles. The average molecular weight is 253 g/mol. The maximum absolute atomic E-state index is 10.3. The first kappa shape index (κ1) is 17.2. The molecular formula is C16H31NO. The lowest BCUT2D eigenvalue weighted by Gasteiger charge is -2.03. The summed E-state index contributed by atoms with van der Waals surface area (Å²) in [7, 11) is 0. The second kappa shape index (κ2) is 14.3. The quantitative estimate of drug-likeness (QED) is 0.295. The molecule has 0 bridgehead atoms. The number of rotatable bonds is 13. The minimum atomic E-state index is 0.766. The van der Waals surface area contributed by atoms with Crippen LogP contribution >= 0.6 is 0 Å². The zero-order valence-corrected chi connectivity index (χ0v) is 12.3. The van der Waals surface area contributed by atoms with E-state index in [0.717, 1.165) is 18.4 Å². The first-order valence-electron chi connectivity index (χ1n) is 7.66. The Hall–Kier alpha value is -0.790. The molecule has 0 aromatic rings. The van der Waals surface area contributed by atoms with Gasteiger partial charge in [-0.2, -0.15) is 0 Å². The van der Waals surface area contributed by atoms with E-state index in [4.69, 9.17) is 0 Å². The van der Waals surface area contributed by atoms with Crippen molar-refractivity contribution >= 4 is 6.29 Å². The van der Waals surface area contributed by atoms with Crippen LogP contribution in [-0.4, -0.2) is 12.8 Å². The van der Waals surface area contributed by atoms with E-state index < -0.39 is 0 Å². The topological polar surface area (TPSA) is 29.1 Å². The average Bonchev–Trinajstić information content (AvgIpc) is 2.39. The molecule has 0 atom stereocenters. The van der Waals surface area contributed by atoms with Crippen LogP contribution in [0.1, 0.15) is 78.1 Å². The maximum atomic E-state index is 10.3. The molecule has 0 spiro atoms. The van der Waals surface area contributed by atoms with Crippen LogP contribution in [0, 0.1) is 0 Å². The number of carbonyl (C=O) groups excluding carboxylic acids is 1. The molecule has 0 aliphatic heterocycles. The van der Waals surface area contributed by atoms with Crippen molar-refractivity contribution in [3.63, 3.8) is 0 Å². The number of carbonyl (C=O) groups is 1. The van der Waals surface area contributed by atoms with Gasteiger partial charge in [0.05, 0.1) is 0 Å². The molecule has 0 aliphatic rings. The third kappa shape index (κ3) is 13.3. The SMILES string of the molecule is CCCCCCCCCCCCNC=C(C)C=O. The Labute approximate surface area is 113 Å². The van der Waals surface area contributed by atoms with Gasteiger partial charge in [0.2, 0.25) is 0 Å². The fourth-order valence-corrected chi connectivity index (χ4v) is 1.98. The van der Waals surface area contributed by atoms with Gasteiger partial charge in [0.1, 0.15) is 6.29 Å². The first-order valence-corrected chi connectivity index (χ1v) is 7.66. The van der Waals surface area contributed by atoms with Crippen LogP contribution in [0.2, 0.25) is 0 Å². The molecule has 0 saturated heterocycles. The van der Waals surface area contributed by atoms with Crippen molar-refractivity contribution in [3.05, 3.63) is 11.8 Å². The summed E-state index contributed by atoms with van der Waals surface area (Å²) in [5, 5.41) is 3.17. The Morgan fingerprint density at radius 2 is 1.39 bits per heavy atom. The number of allylic oxidation sites excluding steroid dienone is 1. The van der Waals surface area contributed by atoms with E-state index >= 15 is 0 Å². The third-order valence-electron chi connectivity index (χ3n) is 3.19. The Kier molecular flexibility index (Phi) is 13.6. The summed E-state index contributed by atoms with van der Waals surface area (Å²) in [6.45, 7) is 5.07. The van der Waals surface area contributed by atoms with E-state index in [0.29, 0.717) is 0 Å². The first-order chi connectivity index (χ1) is 8.81. The van der Waals surface area contributed by atoms with Crippen LogP contribution in [0.15, 0.2) is 11.8 Å². The van der Waals surface area contributed by atoms with Crippen molar-refractivity contribution in [2.24, 2.45) is 0 Å². The minimum Gasteiger partial charge on any atom is -0.391 e. The van der Waals surface area contributed by atoms with Gasteiger partial charge in [-0.15, -0.1) is 0 Å². The molecule has 18 heavy (non-hydrogen) atoms. The summed E-state index contributed by atoms with van der Waals surface area (Å²) in [5.74, 6) is 0. The molecule has 0 saturated carbocycles. The highest BCUT2D eigenvalue weighted by atomic mass is 16.1. The van der Waals surface area contributed by atoms with Crippen LogP contribution in [0.5, 0.6) is 0 Å². The number of hydrogen-bond acceptors (Lipinski definition) is 2. The van der Waals surface area contributed by atoms with E-state index in [2.05, 4.69) is 12.2 Å². The maximum Gasteiger partial charge on any atom is 0.147 e. The van der Waals surface area contributed by atoms with Crippen LogP contribution in [-0.2, 0) is 4.79 Å². The van der Waals surface area contributed by atoms with Crippen LogP contribution < -0.4 is 5.32 Å². The van der Waals surface area contributed by atoms with Crippen molar-refractivity contribution in [3.8, 4) is 0 Å². The summed E-state index contributed by atoms with van der Waals surface area (Å²) >= 11 is 0. The molecule has 2 heteroatoms. The molecule has 0 amide bonds. The Balaban J connectivity index is 3.05. The van der Waals surface area contributed by atoms with E-state index in [1.54, 1.807) is 6.20 Å².